The predicted molar refractivity (Wildman–Crippen MR) is 78.1 cm³/mol. The van der Waals surface area contributed by atoms with Crippen LogP contribution in [0.2, 0.25) is 0 Å². The van der Waals surface area contributed by atoms with Gasteiger partial charge in [-0.25, -0.2) is 14.6 Å². The van der Waals surface area contributed by atoms with Crippen molar-refractivity contribution in [3.8, 4) is 0 Å². The van der Waals surface area contributed by atoms with E-state index in [2.05, 4.69) is 4.99 Å². The molecule has 3 aliphatic carbocycles. The third-order valence-corrected chi connectivity index (χ3v) is 5.47. The number of rotatable bonds is 2. The maximum absolute atomic E-state index is 12.3. The van der Waals surface area contributed by atoms with Crippen LogP contribution in [-0.4, -0.2) is 44.7 Å². The Labute approximate surface area is 128 Å². The first kappa shape index (κ1) is 14.8. The lowest BCUT2D eigenvalue weighted by Gasteiger charge is -2.62. The largest absolute Gasteiger partial charge is 0.484 e. The summed E-state index contributed by atoms with van der Waals surface area (Å²) in [5.41, 5.74) is -0.298. The predicted octanol–water partition coefficient (Wildman–Crippen LogP) is 1.27. The van der Waals surface area contributed by atoms with E-state index >= 15 is 0 Å². The summed E-state index contributed by atoms with van der Waals surface area (Å²) in [6, 6.07) is 0. The molecule has 0 radical (unpaired) electrons. The average Bonchev–Trinajstić information content (AvgIpc) is 2.54. The molecule has 0 aromatic rings. The summed E-state index contributed by atoms with van der Waals surface area (Å²) in [4.78, 5) is 29.1. The highest BCUT2D eigenvalue weighted by Crippen LogP contribution is 2.64. The zero-order valence-corrected chi connectivity index (χ0v) is 13.3. The Morgan fingerprint density at radius 2 is 1.50 bits per heavy atom. The van der Waals surface area contributed by atoms with E-state index in [1.807, 2.05) is 26.0 Å². The first-order chi connectivity index (χ1) is 10.4. The SMILES string of the molecule is COC(=O)C1=C(C(=O)OC)[C@H]2C=C[C@H]1[C@]1(C)C(OC)=N[C@]21C. The summed E-state index contributed by atoms with van der Waals surface area (Å²) in [6.45, 7) is 3.99. The van der Waals surface area contributed by atoms with Crippen molar-refractivity contribution in [1.82, 2.24) is 0 Å². The Morgan fingerprint density at radius 3 is 2.00 bits per heavy atom. The minimum Gasteiger partial charge on any atom is -0.484 e. The molecule has 6 nitrogen and oxygen atoms in total. The number of nitrogens with zero attached hydrogens (tertiary/aromatic N) is 1. The molecule has 1 aliphatic heterocycles. The third-order valence-electron chi connectivity index (χ3n) is 5.47. The number of allylic oxidation sites excluding steroid dienone is 1. The fourth-order valence-electron chi connectivity index (χ4n) is 4.10. The molecule has 0 saturated carbocycles. The minimum absolute atomic E-state index is 0.323. The molecule has 0 saturated heterocycles. The van der Waals surface area contributed by atoms with Crippen molar-refractivity contribution < 1.29 is 23.8 Å². The van der Waals surface area contributed by atoms with Gasteiger partial charge in [-0.3, -0.25) is 0 Å². The summed E-state index contributed by atoms with van der Waals surface area (Å²) in [5.74, 6) is -1.08. The van der Waals surface area contributed by atoms with Crippen molar-refractivity contribution in [3.63, 3.8) is 0 Å². The molecule has 0 aromatic carbocycles. The Hall–Kier alpha value is -2.11. The Kier molecular flexibility index (Phi) is 2.99. The van der Waals surface area contributed by atoms with Crippen LogP contribution in [0.25, 0.3) is 0 Å². The van der Waals surface area contributed by atoms with E-state index in [1.54, 1.807) is 7.11 Å². The van der Waals surface area contributed by atoms with Gasteiger partial charge in [-0.05, 0) is 13.8 Å². The van der Waals surface area contributed by atoms with E-state index in [1.165, 1.54) is 14.2 Å². The molecule has 6 heteroatoms. The number of ether oxygens (including phenoxy) is 3. The first-order valence-corrected chi connectivity index (χ1v) is 7.10. The fraction of sp³-hybridized carbons (Fsp3) is 0.562. The van der Waals surface area contributed by atoms with Gasteiger partial charge < -0.3 is 14.2 Å². The molecule has 4 rings (SSSR count). The Morgan fingerprint density at radius 1 is 1.00 bits per heavy atom. The van der Waals surface area contributed by atoms with Crippen LogP contribution in [0.3, 0.4) is 0 Å². The van der Waals surface area contributed by atoms with Crippen LogP contribution in [0.15, 0.2) is 28.3 Å². The number of aliphatic imine (C=N–C) groups is 1. The van der Waals surface area contributed by atoms with E-state index in [0.29, 0.717) is 17.0 Å². The van der Waals surface area contributed by atoms with Crippen LogP contribution in [-0.2, 0) is 23.8 Å². The van der Waals surface area contributed by atoms with Crippen molar-refractivity contribution >= 4 is 17.8 Å². The molecule has 0 spiro atoms. The summed E-state index contributed by atoms with van der Waals surface area (Å²) in [5, 5.41) is 0. The monoisotopic (exact) mass is 305 g/mol. The first-order valence-electron chi connectivity index (χ1n) is 7.10. The zero-order valence-electron chi connectivity index (χ0n) is 13.3. The van der Waals surface area contributed by atoms with Crippen LogP contribution in [0.1, 0.15) is 13.8 Å². The van der Waals surface area contributed by atoms with Gasteiger partial charge in [0.05, 0.1) is 43.4 Å². The number of carbonyl (C=O) groups excluding carboxylic acids is 2. The lowest BCUT2D eigenvalue weighted by Crippen LogP contribution is -2.69. The summed E-state index contributed by atoms with van der Waals surface area (Å²) in [7, 11) is 4.19. The molecule has 0 fully saturated rings. The van der Waals surface area contributed by atoms with Gasteiger partial charge in [-0.1, -0.05) is 12.2 Å². The number of esters is 2. The molecule has 1 heterocycles. The smallest absolute Gasteiger partial charge is 0.334 e. The lowest BCUT2D eigenvalue weighted by atomic mass is 9.45. The number of methoxy groups -OCH3 is 3. The molecule has 2 bridgehead atoms. The molecule has 22 heavy (non-hydrogen) atoms. The van der Waals surface area contributed by atoms with Gasteiger partial charge in [0.25, 0.3) is 0 Å². The normalized spacial score (nSPS) is 38.0. The number of hydrogen-bond donors (Lipinski definition) is 0. The standard InChI is InChI=1S/C16H19NO5/c1-15-8-6-7-9(16(15,2)17-14(15)22-5)11(13(19)21-4)10(8)12(18)20-3/h6-9H,1-5H3/t8-,9-,15-,16-/m1/s1. The molecular formula is C16H19NO5. The van der Waals surface area contributed by atoms with Crippen LogP contribution < -0.4 is 0 Å². The van der Waals surface area contributed by atoms with Gasteiger partial charge in [0, 0.05) is 11.8 Å². The van der Waals surface area contributed by atoms with Gasteiger partial charge >= 0.3 is 11.9 Å². The van der Waals surface area contributed by atoms with Gasteiger partial charge in [0.15, 0.2) is 5.90 Å². The van der Waals surface area contributed by atoms with Crippen molar-refractivity contribution in [2.75, 3.05) is 21.3 Å². The second-order valence-electron chi connectivity index (χ2n) is 6.12. The number of carbonyl (C=O) groups is 2. The van der Waals surface area contributed by atoms with Crippen molar-refractivity contribution in [1.29, 1.82) is 0 Å². The van der Waals surface area contributed by atoms with E-state index < -0.39 is 22.9 Å². The van der Waals surface area contributed by atoms with Gasteiger partial charge in [0.1, 0.15) is 0 Å². The second kappa shape index (κ2) is 4.44. The highest BCUT2D eigenvalue weighted by molar-refractivity contribution is 6.06. The van der Waals surface area contributed by atoms with Crippen molar-refractivity contribution in [3.05, 3.63) is 23.3 Å². The second-order valence-corrected chi connectivity index (χ2v) is 6.12. The van der Waals surface area contributed by atoms with Crippen LogP contribution in [0.5, 0.6) is 0 Å². The summed E-state index contributed by atoms with van der Waals surface area (Å²) >= 11 is 0. The highest BCUT2D eigenvalue weighted by atomic mass is 16.5. The summed E-state index contributed by atoms with van der Waals surface area (Å²) < 4.78 is 15.2. The maximum Gasteiger partial charge on any atom is 0.334 e. The summed E-state index contributed by atoms with van der Waals surface area (Å²) in [6.07, 6.45) is 3.87. The average molecular weight is 305 g/mol. The van der Waals surface area contributed by atoms with E-state index in [0.717, 1.165) is 0 Å². The van der Waals surface area contributed by atoms with Crippen LogP contribution in [0.4, 0.5) is 0 Å². The molecule has 4 atom stereocenters. The van der Waals surface area contributed by atoms with E-state index in [9.17, 15) is 9.59 Å². The topological polar surface area (TPSA) is 74.2 Å². The third kappa shape index (κ3) is 1.38. The lowest BCUT2D eigenvalue weighted by molar-refractivity contribution is -0.142. The van der Waals surface area contributed by atoms with Gasteiger partial charge in [0.2, 0.25) is 0 Å². The quantitative estimate of drug-likeness (QED) is 0.567. The Balaban J connectivity index is 2.23. The molecule has 0 unspecified atom stereocenters. The van der Waals surface area contributed by atoms with Gasteiger partial charge in [-0.2, -0.15) is 0 Å². The zero-order chi connectivity index (χ0) is 16.3. The molecule has 0 N–H and O–H groups in total. The van der Waals surface area contributed by atoms with Crippen molar-refractivity contribution in [2.24, 2.45) is 22.2 Å². The Bertz CT molecular complexity index is 661. The molecular weight excluding hydrogens is 286 g/mol. The minimum atomic E-state index is -0.529. The van der Waals surface area contributed by atoms with Gasteiger partial charge in [-0.15, -0.1) is 0 Å². The molecule has 0 amide bonds. The van der Waals surface area contributed by atoms with Crippen LogP contribution >= 0.6 is 0 Å². The maximum atomic E-state index is 12.3. The van der Waals surface area contributed by atoms with Crippen molar-refractivity contribution in [2.45, 2.75) is 19.4 Å². The highest BCUT2D eigenvalue weighted by Gasteiger charge is 2.71. The van der Waals surface area contributed by atoms with E-state index in [4.69, 9.17) is 14.2 Å². The van der Waals surface area contributed by atoms with Crippen LogP contribution in [0, 0.1) is 17.3 Å². The molecule has 0 aromatic heterocycles. The molecule has 4 aliphatic rings. The molecule has 118 valence electrons. The fourth-order valence-corrected chi connectivity index (χ4v) is 4.10. The number of hydrogen-bond acceptors (Lipinski definition) is 6. The van der Waals surface area contributed by atoms with E-state index in [-0.39, 0.29) is 11.8 Å².